The minimum absolute atomic E-state index is 0.197. The van der Waals surface area contributed by atoms with Crippen molar-refractivity contribution in [2.45, 2.75) is 19.1 Å². The molecule has 2 aromatic rings. The second-order valence-corrected chi connectivity index (χ2v) is 7.79. The number of ether oxygens (including phenoxy) is 1. The van der Waals surface area contributed by atoms with Crippen LogP contribution < -0.4 is 15.2 Å². The van der Waals surface area contributed by atoms with Crippen molar-refractivity contribution in [3.05, 3.63) is 53.6 Å². The average Bonchev–Trinajstić information content (AvgIpc) is 2.56. The number of methoxy groups -OCH3 is 1. The molecule has 0 heterocycles. The number of nitrogen functional groups attached to an aromatic ring is 1. The van der Waals surface area contributed by atoms with Crippen molar-refractivity contribution in [3.63, 3.8) is 0 Å². The summed E-state index contributed by atoms with van der Waals surface area (Å²) in [4.78, 5) is 12.6. The van der Waals surface area contributed by atoms with Crippen LogP contribution in [-0.4, -0.2) is 26.6 Å². The molecule has 128 valence electrons. The number of carbonyl (C=O) groups excluding carboxylic acids is 1. The predicted octanol–water partition coefficient (Wildman–Crippen LogP) is 2.66. The third kappa shape index (κ3) is 3.86. The Hall–Kier alpha value is -2.54. The van der Waals surface area contributed by atoms with E-state index in [1.54, 1.807) is 51.3 Å². The Balaban J connectivity index is 2.34. The third-order valence-corrected chi connectivity index (χ3v) is 5.29. The standard InChI is InChI=1S/C17H20N2O4S/c1-11(2)24(21,22)19-16-10-13(6-9-15(16)18)17(20)12-4-7-14(23-3)8-5-12/h4-11,19H,18H2,1-3H3. The number of benzene rings is 2. The van der Waals surface area contributed by atoms with Gasteiger partial charge in [-0.2, -0.15) is 0 Å². The van der Waals surface area contributed by atoms with Crippen LogP contribution in [0.15, 0.2) is 42.5 Å². The van der Waals surface area contributed by atoms with Gasteiger partial charge in [-0.25, -0.2) is 8.42 Å². The van der Waals surface area contributed by atoms with E-state index in [9.17, 15) is 13.2 Å². The van der Waals surface area contributed by atoms with E-state index in [2.05, 4.69) is 4.72 Å². The molecule has 0 aliphatic heterocycles. The highest BCUT2D eigenvalue weighted by molar-refractivity contribution is 7.93. The molecule has 0 bridgehead atoms. The van der Waals surface area contributed by atoms with E-state index in [0.29, 0.717) is 16.9 Å². The molecule has 2 aromatic carbocycles. The molecule has 6 nitrogen and oxygen atoms in total. The van der Waals surface area contributed by atoms with Crippen LogP contribution in [-0.2, 0) is 10.0 Å². The van der Waals surface area contributed by atoms with Gasteiger partial charge in [0.1, 0.15) is 5.75 Å². The van der Waals surface area contributed by atoms with E-state index >= 15 is 0 Å². The van der Waals surface area contributed by atoms with Gasteiger partial charge in [0.25, 0.3) is 0 Å². The second-order valence-electron chi connectivity index (χ2n) is 5.56. The van der Waals surface area contributed by atoms with Gasteiger partial charge < -0.3 is 10.5 Å². The summed E-state index contributed by atoms with van der Waals surface area (Å²) in [6.45, 7) is 3.12. The van der Waals surface area contributed by atoms with Gasteiger partial charge in [0, 0.05) is 11.1 Å². The Bertz CT molecular complexity index is 843. The lowest BCUT2D eigenvalue weighted by atomic mass is 10.0. The first kappa shape index (κ1) is 17.8. The van der Waals surface area contributed by atoms with Crippen molar-refractivity contribution < 1.29 is 17.9 Å². The molecular weight excluding hydrogens is 328 g/mol. The molecule has 24 heavy (non-hydrogen) atoms. The average molecular weight is 348 g/mol. The topological polar surface area (TPSA) is 98.5 Å². The molecular formula is C17H20N2O4S. The molecule has 0 aliphatic carbocycles. The summed E-state index contributed by atoms with van der Waals surface area (Å²) in [5.74, 6) is 0.414. The Morgan fingerprint density at radius 1 is 1.08 bits per heavy atom. The van der Waals surface area contributed by atoms with Crippen LogP contribution in [0.2, 0.25) is 0 Å². The molecule has 0 aliphatic rings. The largest absolute Gasteiger partial charge is 0.497 e. The molecule has 0 fully saturated rings. The summed E-state index contributed by atoms with van der Waals surface area (Å²) in [6.07, 6.45) is 0. The van der Waals surface area contributed by atoms with Crippen LogP contribution >= 0.6 is 0 Å². The van der Waals surface area contributed by atoms with Gasteiger partial charge in [0.15, 0.2) is 5.78 Å². The first-order chi connectivity index (χ1) is 11.2. The van der Waals surface area contributed by atoms with Crippen molar-refractivity contribution in [2.24, 2.45) is 0 Å². The zero-order valence-electron chi connectivity index (χ0n) is 13.7. The second kappa shape index (κ2) is 6.92. The third-order valence-electron chi connectivity index (χ3n) is 3.54. The Labute approximate surface area is 141 Å². The zero-order chi connectivity index (χ0) is 17.9. The number of ketones is 1. The van der Waals surface area contributed by atoms with Crippen molar-refractivity contribution in [3.8, 4) is 5.75 Å². The first-order valence-corrected chi connectivity index (χ1v) is 8.89. The lowest BCUT2D eigenvalue weighted by Gasteiger charge is -2.13. The van der Waals surface area contributed by atoms with Crippen LogP contribution in [0.3, 0.4) is 0 Å². The van der Waals surface area contributed by atoms with Gasteiger partial charge >= 0.3 is 0 Å². The van der Waals surface area contributed by atoms with Crippen molar-refractivity contribution in [2.75, 3.05) is 17.6 Å². The minimum atomic E-state index is -3.55. The van der Waals surface area contributed by atoms with Gasteiger partial charge in [0.2, 0.25) is 10.0 Å². The Kier molecular flexibility index (Phi) is 5.14. The summed E-state index contributed by atoms with van der Waals surface area (Å²) in [6, 6.07) is 11.2. The van der Waals surface area contributed by atoms with Gasteiger partial charge in [0.05, 0.1) is 23.7 Å². The molecule has 0 saturated carbocycles. The van der Waals surface area contributed by atoms with Crippen molar-refractivity contribution in [1.29, 1.82) is 0 Å². The van der Waals surface area contributed by atoms with Crippen molar-refractivity contribution in [1.82, 2.24) is 0 Å². The molecule has 0 unspecified atom stereocenters. The van der Waals surface area contributed by atoms with Crippen LogP contribution in [0.25, 0.3) is 0 Å². The molecule has 7 heteroatoms. The summed E-state index contributed by atoms with van der Waals surface area (Å²) in [5, 5.41) is -0.613. The van der Waals surface area contributed by atoms with Gasteiger partial charge in [-0.15, -0.1) is 0 Å². The number of anilines is 2. The monoisotopic (exact) mass is 348 g/mol. The fraction of sp³-hybridized carbons (Fsp3) is 0.235. The molecule has 0 aromatic heterocycles. The Morgan fingerprint density at radius 3 is 2.21 bits per heavy atom. The van der Waals surface area contributed by atoms with E-state index in [-0.39, 0.29) is 17.2 Å². The van der Waals surface area contributed by atoms with Gasteiger partial charge in [-0.1, -0.05) is 0 Å². The maximum Gasteiger partial charge on any atom is 0.235 e. The fourth-order valence-corrected chi connectivity index (χ4v) is 2.69. The van der Waals surface area contributed by atoms with E-state index in [1.165, 1.54) is 12.1 Å². The molecule has 0 atom stereocenters. The van der Waals surface area contributed by atoms with E-state index < -0.39 is 15.3 Å². The molecule has 0 amide bonds. The SMILES string of the molecule is COc1ccc(C(=O)c2ccc(N)c(NS(=O)(=O)C(C)C)c2)cc1. The number of hydrogen-bond acceptors (Lipinski definition) is 5. The molecule has 0 saturated heterocycles. The molecule has 0 radical (unpaired) electrons. The summed E-state index contributed by atoms with van der Waals surface area (Å²) < 4.78 is 31.5. The number of sulfonamides is 1. The van der Waals surface area contributed by atoms with E-state index in [0.717, 1.165) is 0 Å². The Morgan fingerprint density at radius 2 is 1.67 bits per heavy atom. The van der Waals surface area contributed by atoms with Gasteiger partial charge in [-0.3, -0.25) is 9.52 Å². The van der Waals surface area contributed by atoms with E-state index in [4.69, 9.17) is 10.5 Å². The van der Waals surface area contributed by atoms with Crippen molar-refractivity contribution >= 4 is 27.2 Å². The van der Waals surface area contributed by atoms with E-state index in [1.807, 2.05) is 0 Å². The summed E-state index contributed by atoms with van der Waals surface area (Å²) in [5.41, 5.74) is 7.09. The molecule has 3 N–H and O–H groups in total. The molecule has 0 spiro atoms. The predicted molar refractivity (Wildman–Crippen MR) is 95.0 cm³/mol. The van der Waals surface area contributed by atoms with Crippen LogP contribution in [0.4, 0.5) is 11.4 Å². The maximum absolute atomic E-state index is 12.6. The number of hydrogen-bond donors (Lipinski definition) is 2. The van der Waals surface area contributed by atoms with Crippen LogP contribution in [0, 0.1) is 0 Å². The quantitative estimate of drug-likeness (QED) is 0.618. The number of carbonyl (C=O) groups is 1. The smallest absolute Gasteiger partial charge is 0.235 e. The number of nitrogens with two attached hydrogens (primary N) is 1. The highest BCUT2D eigenvalue weighted by Gasteiger charge is 2.18. The normalized spacial score (nSPS) is 11.3. The lowest BCUT2D eigenvalue weighted by molar-refractivity contribution is 0.103. The summed E-state index contributed by atoms with van der Waals surface area (Å²) in [7, 11) is -2.00. The first-order valence-electron chi connectivity index (χ1n) is 7.34. The van der Waals surface area contributed by atoms with Crippen LogP contribution in [0.1, 0.15) is 29.8 Å². The maximum atomic E-state index is 12.6. The van der Waals surface area contributed by atoms with Gasteiger partial charge in [-0.05, 0) is 56.3 Å². The van der Waals surface area contributed by atoms with Crippen LogP contribution in [0.5, 0.6) is 5.75 Å². The lowest BCUT2D eigenvalue weighted by Crippen LogP contribution is -2.23. The highest BCUT2D eigenvalue weighted by atomic mass is 32.2. The zero-order valence-corrected chi connectivity index (χ0v) is 14.6. The summed E-state index contributed by atoms with van der Waals surface area (Å²) >= 11 is 0. The molecule has 2 rings (SSSR count). The number of rotatable bonds is 6. The highest BCUT2D eigenvalue weighted by Crippen LogP contribution is 2.24. The fourth-order valence-electron chi connectivity index (χ4n) is 1.97. The minimum Gasteiger partial charge on any atom is -0.497 e. The number of nitrogens with one attached hydrogen (secondary N) is 1.